The number of hydrogen-bond acceptors (Lipinski definition) is 11. The summed E-state index contributed by atoms with van der Waals surface area (Å²) in [4.78, 5) is 59.7. The van der Waals surface area contributed by atoms with Crippen LogP contribution in [0.15, 0.2) is 0 Å². The van der Waals surface area contributed by atoms with Gasteiger partial charge in [0.1, 0.15) is 49.1 Å². The molecule has 4 amide bonds. The molecule has 0 radical (unpaired) electrons. The van der Waals surface area contributed by atoms with Crippen LogP contribution in [-0.4, -0.2) is 119 Å². The molecular weight excluding hydrogens is 536 g/mol. The van der Waals surface area contributed by atoms with Crippen molar-refractivity contribution >= 4 is 29.6 Å². The molecule has 16 nitrogen and oxygen atoms in total. The molecule has 40 heavy (non-hydrogen) atoms. The topological polar surface area (TPSA) is 256 Å². The number of carbonyl (C=O) groups excluding carboxylic acids is 4. The minimum absolute atomic E-state index is 0.229. The molecule has 1 heterocycles. The van der Waals surface area contributed by atoms with E-state index in [2.05, 4.69) is 16.0 Å². The van der Waals surface area contributed by atoms with Crippen LogP contribution in [0.5, 0.6) is 0 Å². The summed E-state index contributed by atoms with van der Waals surface area (Å²) in [7, 11) is 0. The van der Waals surface area contributed by atoms with Crippen molar-refractivity contribution < 1.29 is 58.6 Å². The summed E-state index contributed by atoms with van der Waals surface area (Å²) in [5.41, 5.74) is 5.21. The lowest BCUT2D eigenvalue weighted by molar-refractivity contribution is -0.280. The smallest absolute Gasteiger partial charge is 0.303 e. The highest BCUT2D eigenvalue weighted by atomic mass is 16.7. The van der Waals surface area contributed by atoms with Crippen molar-refractivity contribution in [2.75, 3.05) is 19.8 Å². The van der Waals surface area contributed by atoms with Gasteiger partial charge >= 0.3 is 5.97 Å². The van der Waals surface area contributed by atoms with Gasteiger partial charge in [-0.25, -0.2) is 0 Å². The normalized spacial score (nSPS) is 24.8. The molecule has 0 aliphatic carbocycles. The zero-order valence-electron chi connectivity index (χ0n) is 22.9. The van der Waals surface area contributed by atoms with Gasteiger partial charge in [-0.2, -0.15) is 0 Å². The fraction of sp³-hybridized carbons (Fsp3) is 0.792. The quantitative estimate of drug-likeness (QED) is 0.0751. The van der Waals surface area contributed by atoms with Gasteiger partial charge < -0.3 is 56.3 Å². The van der Waals surface area contributed by atoms with Crippen LogP contribution in [0, 0.1) is 0 Å². The molecule has 8 atom stereocenters. The van der Waals surface area contributed by atoms with Crippen molar-refractivity contribution in [2.24, 2.45) is 5.73 Å². The van der Waals surface area contributed by atoms with E-state index in [1.807, 2.05) is 6.92 Å². The second kappa shape index (κ2) is 17.7. The van der Waals surface area contributed by atoms with Crippen molar-refractivity contribution in [1.29, 1.82) is 0 Å². The van der Waals surface area contributed by atoms with Crippen molar-refractivity contribution in [3.05, 3.63) is 0 Å². The minimum atomic E-state index is -1.52. The maximum Gasteiger partial charge on any atom is 0.303 e. The first kappa shape index (κ1) is 35.1. The molecule has 0 spiro atoms. The molecule has 230 valence electrons. The van der Waals surface area contributed by atoms with E-state index in [1.165, 1.54) is 13.8 Å². The second-order valence-electron chi connectivity index (χ2n) is 9.41. The van der Waals surface area contributed by atoms with Crippen LogP contribution in [0.1, 0.15) is 52.9 Å². The maximum atomic E-state index is 12.8. The van der Waals surface area contributed by atoms with Crippen LogP contribution in [0.25, 0.3) is 0 Å². The number of primary amides is 1. The Labute approximate surface area is 231 Å². The average Bonchev–Trinajstić information content (AvgIpc) is 2.90. The fourth-order valence-electron chi connectivity index (χ4n) is 3.85. The van der Waals surface area contributed by atoms with Crippen LogP contribution < -0.4 is 21.7 Å². The molecule has 16 heteroatoms. The molecule has 0 unspecified atom stereocenters. The van der Waals surface area contributed by atoms with Gasteiger partial charge in [0, 0.05) is 13.0 Å². The summed E-state index contributed by atoms with van der Waals surface area (Å²) >= 11 is 0. The Bertz CT molecular complexity index is 860. The SMILES string of the molecule is CCCCCO[C@@H]1O[C@H](CO)[C@@H](O)[C@H](O[C@H](C)C(=O)N[C@@H](C)C(=O)N[C@H](CCC(=O)O)C(N)=O)[C@H]1NC(=O)CO. The van der Waals surface area contributed by atoms with E-state index in [0.29, 0.717) is 6.42 Å². The lowest BCUT2D eigenvalue weighted by Crippen LogP contribution is -2.66. The zero-order valence-corrected chi connectivity index (χ0v) is 22.9. The summed E-state index contributed by atoms with van der Waals surface area (Å²) in [5, 5.41) is 45.6. The van der Waals surface area contributed by atoms with Gasteiger partial charge in [0.15, 0.2) is 6.29 Å². The summed E-state index contributed by atoms with van der Waals surface area (Å²) < 4.78 is 17.1. The first-order valence-electron chi connectivity index (χ1n) is 13.1. The number of ether oxygens (including phenoxy) is 3. The van der Waals surface area contributed by atoms with Crippen LogP contribution in [0.2, 0.25) is 0 Å². The van der Waals surface area contributed by atoms with Crippen LogP contribution in [0.3, 0.4) is 0 Å². The largest absolute Gasteiger partial charge is 0.481 e. The number of nitrogens with one attached hydrogen (secondary N) is 3. The van der Waals surface area contributed by atoms with Gasteiger partial charge in [0.05, 0.1) is 6.61 Å². The van der Waals surface area contributed by atoms with Gasteiger partial charge in [-0.05, 0) is 26.7 Å². The predicted molar refractivity (Wildman–Crippen MR) is 136 cm³/mol. The first-order chi connectivity index (χ1) is 18.9. The number of rotatable bonds is 18. The van der Waals surface area contributed by atoms with Crippen LogP contribution in [-0.2, 0) is 38.2 Å². The fourth-order valence-corrected chi connectivity index (χ4v) is 3.85. The summed E-state index contributed by atoms with van der Waals surface area (Å²) in [6.07, 6.45) is -4.77. The number of carbonyl (C=O) groups is 5. The third kappa shape index (κ3) is 11.3. The average molecular weight is 579 g/mol. The van der Waals surface area contributed by atoms with E-state index in [1.54, 1.807) is 0 Å². The van der Waals surface area contributed by atoms with E-state index in [-0.39, 0.29) is 13.0 Å². The van der Waals surface area contributed by atoms with E-state index in [0.717, 1.165) is 12.8 Å². The number of amides is 4. The van der Waals surface area contributed by atoms with Crippen LogP contribution >= 0.6 is 0 Å². The summed E-state index contributed by atoms with van der Waals surface area (Å²) in [5.74, 6) is -4.58. The monoisotopic (exact) mass is 578 g/mol. The lowest BCUT2D eigenvalue weighted by atomic mass is 9.96. The Morgan fingerprint density at radius 2 is 1.73 bits per heavy atom. The van der Waals surface area contributed by atoms with Gasteiger partial charge in [-0.1, -0.05) is 19.8 Å². The van der Waals surface area contributed by atoms with Crippen LogP contribution in [0.4, 0.5) is 0 Å². The van der Waals surface area contributed by atoms with Crippen molar-refractivity contribution in [3.8, 4) is 0 Å². The highest BCUT2D eigenvalue weighted by Crippen LogP contribution is 2.26. The Kier molecular flexibility index (Phi) is 15.6. The number of unbranched alkanes of at least 4 members (excludes halogenated alkanes) is 2. The lowest BCUT2D eigenvalue weighted by Gasteiger charge is -2.44. The van der Waals surface area contributed by atoms with E-state index < -0.39 is 98.1 Å². The Balaban J connectivity index is 2.96. The maximum absolute atomic E-state index is 12.8. The van der Waals surface area contributed by atoms with Crippen molar-refractivity contribution in [2.45, 2.75) is 102 Å². The molecule has 1 saturated heterocycles. The number of aliphatic hydroxyl groups is 3. The van der Waals surface area contributed by atoms with E-state index in [9.17, 15) is 39.3 Å². The molecule has 1 aliphatic heterocycles. The highest BCUT2D eigenvalue weighted by molar-refractivity contribution is 5.92. The molecule has 9 N–H and O–H groups in total. The molecule has 0 aromatic heterocycles. The molecule has 1 rings (SSSR count). The van der Waals surface area contributed by atoms with Crippen molar-refractivity contribution in [3.63, 3.8) is 0 Å². The number of nitrogens with two attached hydrogens (primary N) is 1. The predicted octanol–water partition coefficient (Wildman–Crippen LogP) is -3.14. The molecule has 1 aliphatic rings. The third-order valence-corrected chi connectivity index (χ3v) is 6.14. The second-order valence-corrected chi connectivity index (χ2v) is 9.41. The Hall–Kier alpha value is -2.89. The zero-order chi connectivity index (χ0) is 30.4. The number of aliphatic carboxylic acids is 1. The van der Waals surface area contributed by atoms with Gasteiger partial charge in [0.25, 0.3) is 0 Å². The first-order valence-corrected chi connectivity index (χ1v) is 13.1. The Morgan fingerprint density at radius 1 is 1.05 bits per heavy atom. The van der Waals surface area contributed by atoms with Gasteiger partial charge in [-0.3, -0.25) is 24.0 Å². The molecule has 0 aromatic rings. The standard InChI is InChI=1S/C24H42N4O12/c1-4-5-6-9-38-24-18(28-16(31)11-30)20(19(34)15(10-29)40-24)39-13(3)23(37)26-12(2)22(36)27-14(21(25)35)7-8-17(32)33/h12-15,18-20,24,29-30,34H,4-11H2,1-3H3,(H2,25,35)(H,26,37)(H,27,36)(H,28,31)(H,32,33)/t12-,13+,14+,15+,18+,19+,20+,24+/m0/s1. The third-order valence-electron chi connectivity index (χ3n) is 6.14. The molecule has 0 saturated carbocycles. The number of carboxylic acid groups (broad SMARTS) is 1. The van der Waals surface area contributed by atoms with Gasteiger partial charge in [0.2, 0.25) is 23.6 Å². The summed E-state index contributed by atoms with van der Waals surface area (Å²) in [6.45, 7) is 3.34. The van der Waals surface area contributed by atoms with Crippen molar-refractivity contribution in [1.82, 2.24) is 16.0 Å². The number of carboxylic acids is 1. The molecule has 0 aromatic carbocycles. The molecule has 0 bridgehead atoms. The minimum Gasteiger partial charge on any atom is -0.481 e. The van der Waals surface area contributed by atoms with Gasteiger partial charge in [-0.15, -0.1) is 0 Å². The number of hydrogen-bond donors (Lipinski definition) is 8. The van der Waals surface area contributed by atoms with E-state index >= 15 is 0 Å². The molecular formula is C24H42N4O12. The Morgan fingerprint density at radius 3 is 2.27 bits per heavy atom. The number of aliphatic hydroxyl groups excluding tert-OH is 3. The highest BCUT2D eigenvalue weighted by Gasteiger charge is 2.48. The molecule has 1 fully saturated rings. The van der Waals surface area contributed by atoms with E-state index in [4.69, 9.17) is 25.1 Å². The summed E-state index contributed by atoms with van der Waals surface area (Å²) in [6, 6.07) is -3.65.